The largest absolute Gasteiger partial charge is 0.336 e. The normalized spacial score (nSPS) is 15.9. The number of para-hydroxylation sites is 1. The fourth-order valence-electron chi connectivity index (χ4n) is 4.90. The molecule has 0 aromatic heterocycles. The van der Waals surface area contributed by atoms with Crippen molar-refractivity contribution in [2.75, 3.05) is 31.1 Å². The van der Waals surface area contributed by atoms with Gasteiger partial charge in [0.25, 0.3) is 0 Å². The Bertz CT molecular complexity index is 1250. The number of amides is 2. The molecule has 1 heterocycles. The number of nitrogens with two attached hydrogens (primary N) is 1. The zero-order chi connectivity index (χ0) is 27.1. The minimum atomic E-state index is -0.740. The lowest BCUT2D eigenvalue weighted by atomic mass is 10.0. The summed E-state index contributed by atoms with van der Waals surface area (Å²) in [6, 6.07) is 22.7. The molecule has 4 rings (SSSR count). The van der Waals surface area contributed by atoms with Crippen molar-refractivity contribution >= 4 is 40.7 Å². The SMILES string of the molecule is CC(=O)N1CCCN(Cc2ccccc2)CCN(C(=O)[C@H](N)Cc2ccc(Cl)c(Cl)c2)Cc2ccccc21. The minimum Gasteiger partial charge on any atom is -0.336 e. The summed E-state index contributed by atoms with van der Waals surface area (Å²) < 4.78 is 0. The highest BCUT2D eigenvalue weighted by Crippen LogP contribution is 2.25. The van der Waals surface area contributed by atoms with Gasteiger partial charge >= 0.3 is 0 Å². The van der Waals surface area contributed by atoms with Crippen molar-refractivity contribution in [2.45, 2.75) is 38.9 Å². The lowest BCUT2D eigenvalue weighted by Gasteiger charge is -2.30. The molecule has 0 radical (unpaired) electrons. The molecule has 0 saturated carbocycles. The van der Waals surface area contributed by atoms with Gasteiger partial charge in [-0.2, -0.15) is 0 Å². The van der Waals surface area contributed by atoms with Crippen LogP contribution >= 0.6 is 23.2 Å². The molecule has 0 fully saturated rings. The number of hydrogen-bond donors (Lipinski definition) is 1. The molecule has 1 aliphatic rings. The average molecular weight is 554 g/mol. The van der Waals surface area contributed by atoms with E-state index in [9.17, 15) is 9.59 Å². The second kappa shape index (κ2) is 13.3. The van der Waals surface area contributed by atoms with E-state index >= 15 is 0 Å². The Labute approximate surface area is 234 Å². The molecule has 3 aromatic rings. The first-order valence-corrected chi connectivity index (χ1v) is 13.7. The number of carbonyl (C=O) groups is 2. The van der Waals surface area contributed by atoms with Crippen LogP contribution in [0.25, 0.3) is 0 Å². The first-order chi connectivity index (χ1) is 18.3. The molecule has 0 unspecified atom stereocenters. The second-order valence-electron chi connectivity index (χ2n) is 9.73. The van der Waals surface area contributed by atoms with Crippen LogP contribution in [-0.2, 0) is 29.1 Å². The van der Waals surface area contributed by atoms with Crippen molar-refractivity contribution in [3.63, 3.8) is 0 Å². The highest BCUT2D eigenvalue weighted by atomic mass is 35.5. The summed E-state index contributed by atoms with van der Waals surface area (Å²) in [6.07, 6.45) is 1.17. The highest BCUT2D eigenvalue weighted by Gasteiger charge is 2.25. The molecule has 2 N–H and O–H groups in total. The Balaban J connectivity index is 1.60. The fourth-order valence-corrected chi connectivity index (χ4v) is 5.22. The number of nitrogens with zero attached hydrogens (tertiary/aromatic N) is 3. The van der Waals surface area contributed by atoms with Crippen LogP contribution in [0.2, 0.25) is 10.0 Å². The molecule has 0 aliphatic carbocycles. The molecule has 1 aliphatic heterocycles. The topological polar surface area (TPSA) is 69.9 Å². The smallest absolute Gasteiger partial charge is 0.240 e. The Morgan fingerprint density at radius 1 is 0.868 bits per heavy atom. The number of rotatable bonds is 5. The van der Waals surface area contributed by atoms with Gasteiger partial charge in [0.15, 0.2) is 0 Å². The van der Waals surface area contributed by atoms with E-state index in [1.54, 1.807) is 19.1 Å². The van der Waals surface area contributed by atoms with Gasteiger partial charge in [-0.25, -0.2) is 0 Å². The molecule has 2 amide bonds. The maximum atomic E-state index is 13.7. The number of halogens is 2. The van der Waals surface area contributed by atoms with Gasteiger partial charge in [0, 0.05) is 51.9 Å². The third kappa shape index (κ3) is 7.35. The number of carbonyl (C=O) groups excluding carboxylic acids is 2. The first-order valence-electron chi connectivity index (χ1n) is 12.9. The Morgan fingerprint density at radius 2 is 1.61 bits per heavy atom. The molecule has 6 nitrogen and oxygen atoms in total. The van der Waals surface area contributed by atoms with E-state index in [1.165, 1.54) is 5.56 Å². The zero-order valence-corrected chi connectivity index (χ0v) is 23.2. The maximum absolute atomic E-state index is 13.7. The predicted octanol–water partition coefficient (Wildman–Crippen LogP) is 5.15. The summed E-state index contributed by atoms with van der Waals surface area (Å²) in [6.45, 7) is 5.37. The van der Waals surface area contributed by atoms with Crippen LogP contribution in [0.15, 0.2) is 72.8 Å². The zero-order valence-electron chi connectivity index (χ0n) is 21.7. The minimum absolute atomic E-state index is 0.0134. The van der Waals surface area contributed by atoms with Crippen molar-refractivity contribution < 1.29 is 9.59 Å². The molecule has 8 heteroatoms. The first kappa shape index (κ1) is 28.1. The van der Waals surface area contributed by atoms with Gasteiger partial charge in [0.2, 0.25) is 11.8 Å². The Hall–Kier alpha value is -2.90. The highest BCUT2D eigenvalue weighted by molar-refractivity contribution is 6.42. The monoisotopic (exact) mass is 552 g/mol. The van der Waals surface area contributed by atoms with E-state index < -0.39 is 6.04 Å². The molecule has 0 spiro atoms. The number of anilines is 1. The van der Waals surface area contributed by atoms with Gasteiger partial charge in [-0.05, 0) is 47.7 Å². The van der Waals surface area contributed by atoms with Crippen molar-refractivity contribution in [1.29, 1.82) is 0 Å². The molecule has 38 heavy (non-hydrogen) atoms. The molecular weight excluding hydrogens is 519 g/mol. The summed E-state index contributed by atoms with van der Waals surface area (Å²) in [7, 11) is 0. The summed E-state index contributed by atoms with van der Waals surface area (Å²) >= 11 is 12.2. The predicted molar refractivity (Wildman–Crippen MR) is 154 cm³/mol. The molecule has 200 valence electrons. The van der Waals surface area contributed by atoms with E-state index in [0.717, 1.165) is 36.3 Å². The standard InChI is InChI=1S/C30H34Cl2N4O2/c1-22(37)36-15-7-14-34(20-23-8-3-2-4-9-23)16-17-35(21-25-10-5-6-11-29(25)36)30(38)28(33)19-24-12-13-26(31)27(32)18-24/h2-6,8-13,18,28H,7,14-17,19-21,33H2,1H3/t28-/m1/s1. The van der Waals surface area contributed by atoms with Gasteiger partial charge in [-0.3, -0.25) is 14.5 Å². The van der Waals surface area contributed by atoms with Crippen LogP contribution in [0, 0.1) is 0 Å². The van der Waals surface area contributed by atoms with Crippen molar-refractivity contribution in [3.8, 4) is 0 Å². The number of fused-ring (bicyclic) bond motifs is 1. The number of hydrogen-bond acceptors (Lipinski definition) is 4. The lowest BCUT2D eigenvalue weighted by molar-refractivity contribution is -0.133. The third-order valence-corrected chi connectivity index (χ3v) is 7.62. The Morgan fingerprint density at radius 3 is 2.34 bits per heavy atom. The lowest BCUT2D eigenvalue weighted by Crippen LogP contribution is -2.47. The molecule has 0 bridgehead atoms. The van der Waals surface area contributed by atoms with Gasteiger partial charge in [-0.15, -0.1) is 0 Å². The molecular formula is C30H34Cl2N4O2. The Kier molecular flexibility index (Phi) is 9.80. The van der Waals surface area contributed by atoms with E-state index in [4.69, 9.17) is 28.9 Å². The van der Waals surface area contributed by atoms with Crippen molar-refractivity contribution in [2.24, 2.45) is 5.73 Å². The van der Waals surface area contributed by atoms with Crippen LogP contribution in [0.1, 0.15) is 30.0 Å². The van der Waals surface area contributed by atoms with Gasteiger partial charge in [-0.1, -0.05) is 77.8 Å². The summed E-state index contributed by atoms with van der Waals surface area (Å²) in [5, 5.41) is 0.904. The third-order valence-electron chi connectivity index (χ3n) is 6.88. The summed E-state index contributed by atoms with van der Waals surface area (Å²) in [5.74, 6) is -0.153. The second-order valence-corrected chi connectivity index (χ2v) is 10.5. The van der Waals surface area contributed by atoms with E-state index in [1.807, 2.05) is 58.3 Å². The van der Waals surface area contributed by atoms with Gasteiger partial charge < -0.3 is 15.5 Å². The fraction of sp³-hybridized carbons (Fsp3) is 0.333. The van der Waals surface area contributed by atoms with Crippen LogP contribution in [0.5, 0.6) is 0 Å². The molecule has 0 saturated heterocycles. The van der Waals surface area contributed by atoms with Crippen molar-refractivity contribution in [1.82, 2.24) is 9.80 Å². The average Bonchev–Trinajstić information content (AvgIpc) is 2.94. The van der Waals surface area contributed by atoms with Crippen LogP contribution in [0.4, 0.5) is 5.69 Å². The van der Waals surface area contributed by atoms with Crippen LogP contribution in [0.3, 0.4) is 0 Å². The summed E-state index contributed by atoms with van der Waals surface area (Å²) in [5.41, 5.74) is 10.3. The van der Waals surface area contributed by atoms with E-state index in [-0.39, 0.29) is 11.8 Å². The van der Waals surface area contributed by atoms with E-state index in [0.29, 0.717) is 42.6 Å². The quantitative estimate of drug-likeness (QED) is 0.475. The van der Waals surface area contributed by atoms with Gasteiger partial charge in [0.1, 0.15) is 0 Å². The summed E-state index contributed by atoms with van der Waals surface area (Å²) in [4.78, 5) is 32.4. The maximum Gasteiger partial charge on any atom is 0.240 e. The van der Waals surface area contributed by atoms with Crippen LogP contribution < -0.4 is 10.6 Å². The van der Waals surface area contributed by atoms with Crippen LogP contribution in [-0.4, -0.2) is 53.8 Å². The molecule has 1 atom stereocenters. The van der Waals surface area contributed by atoms with Gasteiger partial charge in [0.05, 0.1) is 16.1 Å². The number of benzene rings is 3. The van der Waals surface area contributed by atoms with Crippen molar-refractivity contribution in [3.05, 3.63) is 99.5 Å². The molecule has 3 aromatic carbocycles. The van der Waals surface area contributed by atoms with E-state index in [2.05, 4.69) is 17.0 Å².